The largest absolute Gasteiger partial charge is 0.490 e. The molecular formula is C17H14Br2Cl2O3. The fourth-order valence-electron chi connectivity index (χ4n) is 2.47. The van der Waals surface area contributed by atoms with Crippen LogP contribution in [0.2, 0.25) is 10.0 Å². The van der Waals surface area contributed by atoms with Crippen LogP contribution in [-0.4, -0.2) is 24.6 Å². The number of alkyl halides is 1. The van der Waals surface area contributed by atoms with Gasteiger partial charge in [0.25, 0.3) is 0 Å². The lowest BCUT2D eigenvalue weighted by molar-refractivity contribution is -0.159. The standard InChI is InChI=1S/C17H14Br2Cl2O3/c18-10-17(13-6-5-11(20)7-15(13)21)23-9-12(24-17)8-22-16-4-2-1-3-14(16)19/h1-7,12H,8-10H2. The van der Waals surface area contributed by atoms with Gasteiger partial charge in [-0.3, -0.25) is 0 Å². The zero-order chi connectivity index (χ0) is 17.2. The molecule has 1 aliphatic heterocycles. The van der Waals surface area contributed by atoms with Gasteiger partial charge >= 0.3 is 0 Å². The van der Waals surface area contributed by atoms with Crippen molar-refractivity contribution < 1.29 is 14.2 Å². The van der Waals surface area contributed by atoms with E-state index in [1.54, 1.807) is 12.1 Å². The highest BCUT2D eigenvalue weighted by Gasteiger charge is 2.44. The van der Waals surface area contributed by atoms with E-state index in [0.717, 1.165) is 15.8 Å². The number of hydrogen-bond acceptors (Lipinski definition) is 3. The van der Waals surface area contributed by atoms with Crippen LogP contribution in [0.25, 0.3) is 0 Å². The molecule has 0 aliphatic carbocycles. The van der Waals surface area contributed by atoms with Crippen molar-refractivity contribution in [2.75, 3.05) is 18.5 Å². The number of ether oxygens (including phenoxy) is 3. The molecule has 2 aromatic carbocycles. The van der Waals surface area contributed by atoms with Gasteiger partial charge in [-0.2, -0.15) is 0 Å². The highest BCUT2D eigenvalue weighted by Crippen LogP contribution is 2.40. The van der Waals surface area contributed by atoms with Crippen molar-refractivity contribution in [3.05, 3.63) is 62.5 Å². The molecule has 128 valence electrons. The number of rotatable bonds is 5. The quantitative estimate of drug-likeness (QED) is 0.490. The van der Waals surface area contributed by atoms with Gasteiger partial charge in [-0.25, -0.2) is 0 Å². The first-order valence-electron chi connectivity index (χ1n) is 7.25. The molecule has 0 radical (unpaired) electrons. The second-order valence-corrected chi connectivity index (χ2v) is 7.56. The molecule has 0 spiro atoms. The van der Waals surface area contributed by atoms with Gasteiger partial charge in [0.1, 0.15) is 18.5 Å². The Labute approximate surface area is 167 Å². The first-order valence-corrected chi connectivity index (χ1v) is 9.92. The van der Waals surface area contributed by atoms with Gasteiger partial charge in [-0.15, -0.1) is 0 Å². The normalized spacial score (nSPS) is 23.4. The van der Waals surface area contributed by atoms with Crippen LogP contribution in [0.5, 0.6) is 5.75 Å². The first kappa shape index (κ1) is 18.5. The monoisotopic (exact) mass is 494 g/mol. The van der Waals surface area contributed by atoms with E-state index in [4.69, 9.17) is 37.4 Å². The van der Waals surface area contributed by atoms with Crippen LogP contribution in [0.4, 0.5) is 0 Å². The molecule has 2 unspecified atom stereocenters. The zero-order valence-corrected chi connectivity index (χ0v) is 17.2. The lowest BCUT2D eigenvalue weighted by atomic mass is 10.1. The second-order valence-electron chi connectivity index (χ2n) is 5.30. The molecule has 1 aliphatic rings. The van der Waals surface area contributed by atoms with Gasteiger partial charge in [0, 0.05) is 10.6 Å². The van der Waals surface area contributed by atoms with Gasteiger partial charge in [0.15, 0.2) is 0 Å². The Balaban J connectivity index is 1.71. The minimum atomic E-state index is -0.941. The molecule has 0 aromatic heterocycles. The molecular weight excluding hydrogens is 483 g/mol. The summed E-state index contributed by atoms with van der Waals surface area (Å²) in [5, 5.41) is 1.53. The average Bonchev–Trinajstić information content (AvgIpc) is 2.99. The van der Waals surface area contributed by atoms with Gasteiger partial charge in [-0.1, -0.05) is 57.3 Å². The highest BCUT2D eigenvalue weighted by atomic mass is 79.9. The van der Waals surface area contributed by atoms with Crippen LogP contribution >= 0.6 is 55.1 Å². The third kappa shape index (κ3) is 3.92. The van der Waals surface area contributed by atoms with E-state index in [0.29, 0.717) is 28.6 Å². The maximum atomic E-state index is 6.32. The van der Waals surface area contributed by atoms with Crippen LogP contribution in [0.1, 0.15) is 5.56 Å². The Morgan fingerprint density at radius 3 is 2.71 bits per heavy atom. The second kappa shape index (κ2) is 7.94. The summed E-state index contributed by atoms with van der Waals surface area (Å²) in [6.45, 7) is 0.789. The van der Waals surface area contributed by atoms with E-state index >= 15 is 0 Å². The third-order valence-electron chi connectivity index (χ3n) is 3.64. The summed E-state index contributed by atoms with van der Waals surface area (Å²) in [6, 6.07) is 13.0. The molecule has 7 heteroatoms. The summed E-state index contributed by atoms with van der Waals surface area (Å²) < 4.78 is 18.8. The third-order valence-corrected chi connectivity index (χ3v) is 5.58. The molecule has 0 saturated carbocycles. The topological polar surface area (TPSA) is 27.7 Å². The molecule has 1 fully saturated rings. The lowest BCUT2D eigenvalue weighted by Gasteiger charge is -2.27. The van der Waals surface area contributed by atoms with Gasteiger partial charge in [0.05, 0.1) is 21.4 Å². The first-order chi connectivity index (χ1) is 11.5. The van der Waals surface area contributed by atoms with E-state index in [1.807, 2.05) is 30.3 Å². The Bertz CT molecular complexity index is 729. The Morgan fingerprint density at radius 2 is 2.00 bits per heavy atom. The van der Waals surface area contributed by atoms with Crippen LogP contribution in [0.3, 0.4) is 0 Å². The summed E-state index contributed by atoms with van der Waals surface area (Å²) in [5.74, 6) is -0.175. The van der Waals surface area contributed by atoms with Crippen molar-refractivity contribution >= 4 is 55.1 Å². The fourth-order valence-corrected chi connectivity index (χ4v) is 4.02. The SMILES string of the molecule is Clc1ccc(C2(CBr)OCC(COc3ccccc3Br)O2)c(Cl)c1. The van der Waals surface area contributed by atoms with Gasteiger partial charge < -0.3 is 14.2 Å². The van der Waals surface area contributed by atoms with E-state index in [9.17, 15) is 0 Å². The van der Waals surface area contributed by atoms with Crippen molar-refractivity contribution in [2.24, 2.45) is 0 Å². The molecule has 0 bridgehead atoms. The zero-order valence-electron chi connectivity index (χ0n) is 12.5. The molecule has 2 atom stereocenters. The van der Waals surface area contributed by atoms with E-state index in [-0.39, 0.29) is 6.10 Å². The molecule has 3 nitrogen and oxygen atoms in total. The van der Waals surface area contributed by atoms with Crippen LogP contribution < -0.4 is 4.74 Å². The van der Waals surface area contributed by atoms with E-state index in [2.05, 4.69) is 31.9 Å². The maximum Gasteiger partial charge on any atom is 0.206 e. The molecule has 24 heavy (non-hydrogen) atoms. The summed E-state index contributed by atoms with van der Waals surface area (Å²) in [6.07, 6.45) is -0.207. The molecule has 2 aromatic rings. The number of benzene rings is 2. The Hall–Kier alpha value is -0.300. The smallest absolute Gasteiger partial charge is 0.206 e. The minimum absolute atomic E-state index is 0.207. The molecule has 1 heterocycles. The number of halogens is 4. The van der Waals surface area contributed by atoms with E-state index < -0.39 is 5.79 Å². The van der Waals surface area contributed by atoms with Crippen molar-refractivity contribution in [3.8, 4) is 5.75 Å². The summed E-state index contributed by atoms with van der Waals surface area (Å²) in [7, 11) is 0. The predicted octanol–water partition coefficient (Wildman–Crippen LogP) is 5.80. The van der Waals surface area contributed by atoms with Crippen molar-refractivity contribution in [2.45, 2.75) is 11.9 Å². The van der Waals surface area contributed by atoms with Crippen molar-refractivity contribution in [3.63, 3.8) is 0 Å². The average molecular weight is 497 g/mol. The van der Waals surface area contributed by atoms with Crippen LogP contribution in [0.15, 0.2) is 46.9 Å². The molecule has 0 amide bonds. The number of para-hydroxylation sites is 1. The Kier molecular flexibility index (Phi) is 6.11. The summed E-state index contributed by atoms with van der Waals surface area (Å²) in [5.41, 5.74) is 0.744. The van der Waals surface area contributed by atoms with E-state index in [1.165, 1.54) is 0 Å². The van der Waals surface area contributed by atoms with Gasteiger partial charge in [-0.05, 0) is 40.2 Å². The predicted molar refractivity (Wildman–Crippen MR) is 102 cm³/mol. The minimum Gasteiger partial charge on any atom is -0.490 e. The van der Waals surface area contributed by atoms with Crippen LogP contribution in [-0.2, 0) is 15.3 Å². The maximum absolute atomic E-state index is 6.32. The highest BCUT2D eigenvalue weighted by molar-refractivity contribution is 9.10. The van der Waals surface area contributed by atoms with Crippen molar-refractivity contribution in [1.82, 2.24) is 0 Å². The molecule has 3 rings (SSSR count). The molecule has 1 saturated heterocycles. The van der Waals surface area contributed by atoms with Crippen molar-refractivity contribution in [1.29, 1.82) is 0 Å². The fraction of sp³-hybridized carbons (Fsp3) is 0.294. The molecule has 0 N–H and O–H groups in total. The summed E-state index contributed by atoms with van der Waals surface area (Å²) >= 11 is 19.2. The van der Waals surface area contributed by atoms with Gasteiger partial charge in [0.2, 0.25) is 5.79 Å². The summed E-state index contributed by atoms with van der Waals surface area (Å²) in [4.78, 5) is 0. The van der Waals surface area contributed by atoms with Crippen LogP contribution in [0, 0.1) is 0 Å². The lowest BCUT2D eigenvalue weighted by Crippen LogP contribution is -2.31. The Morgan fingerprint density at radius 1 is 1.21 bits per heavy atom. The number of hydrogen-bond donors (Lipinski definition) is 0.